The van der Waals surface area contributed by atoms with Gasteiger partial charge in [0.25, 0.3) is 0 Å². The van der Waals surface area contributed by atoms with Gasteiger partial charge >= 0.3 is 5.91 Å². The normalized spacial score (nSPS) is 25.2. The quantitative estimate of drug-likeness (QED) is 0.485. The molecule has 2 saturated heterocycles. The maximum absolute atomic E-state index is 13.0. The van der Waals surface area contributed by atoms with E-state index < -0.39 is 17.7 Å². The highest BCUT2D eigenvalue weighted by Crippen LogP contribution is 2.30. The summed E-state index contributed by atoms with van der Waals surface area (Å²) < 4.78 is 5.40. The van der Waals surface area contributed by atoms with E-state index in [-0.39, 0.29) is 23.3 Å². The molecule has 0 aromatic carbocycles. The van der Waals surface area contributed by atoms with Gasteiger partial charge in [-0.05, 0) is 45.4 Å². The first-order chi connectivity index (χ1) is 14.3. The molecule has 0 bridgehead atoms. The van der Waals surface area contributed by atoms with Crippen LogP contribution in [0.25, 0.3) is 0 Å². The molecule has 0 spiro atoms. The Balaban J connectivity index is 1.66. The minimum Gasteiger partial charge on any atom is -0.381 e. The summed E-state index contributed by atoms with van der Waals surface area (Å²) >= 11 is 1.54. The molecule has 9 heteroatoms. The van der Waals surface area contributed by atoms with Gasteiger partial charge in [-0.2, -0.15) is 0 Å². The Hall–Kier alpha value is -1.61. The van der Waals surface area contributed by atoms with Crippen LogP contribution in [0.3, 0.4) is 0 Å². The third-order valence-electron chi connectivity index (χ3n) is 6.52. The average Bonchev–Trinajstić information content (AvgIpc) is 3.03. The van der Waals surface area contributed by atoms with Crippen LogP contribution in [0.4, 0.5) is 0 Å². The minimum atomic E-state index is -0.825. The van der Waals surface area contributed by atoms with Crippen LogP contribution in [0.2, 0.25) is 0 Å². The predicted octanol–water partition coefficient (Wildman–Crippen LogP) is 1.89. The van der Waals surface area contributed by atoms with Crippen LogP contribution < -0.4 is 10.7 Å². The lowest BCUT2D eigenvalue weighted by Crippen LogP contribution is -2.53. The van der Waals surface area contributed by atoms with Crippen molar-refractivity contribution in [3.8, 4) is 0 Å². The number of rotatable bonds is 6. The first-order valence-electron chi connectivity index (χ1n) is 11.0. The van der Waals surface area contributed by atoms with E-state index in [1.807, 2.05) is 11.9 Å². The molecule has 8 nitrogen and oxygen atoms in total. The number of hydrazone groups is 1. The molecule has 0 aromatic rings. The fourth-order valence-electron chi connectivity index (χ4n) is 4.18. The standard InChI is InChI=1S/C21H34N4O4S/c1-21(2)13-30-20(25(21)3)24-23-19(28)17(26)16(14-9-11-29-12-10-14)22-18(27)15-7-5-4-6-8-15/h14-16H,4-13H2,1-3H3,(H,22,27)(H,23,28). The number of nitrogens with one attached hydrogen (secondary N) is 2. The Morgan fingerprint density at radius 1 is 1.13 bits per heavy atom. The van der Waals surface area contributed by atoms with Gasteiger partial charge in [-0.25, -0.2) is 5.43 Å². The number of nitrogens with zero attached hydrogens (tertiary/aromatic N) is 2. The Kier molecular flexibility index (Phi) is 7.79. The highest BCUT2D eigenvalue weighted by Gasteiger charge is 2.37. The van der Waals surface area contributed by atoms with Gasteiger partial charge in [0.2, 0.25) is 11.7 Å². The molecule has 2 amide bonds. The van der Waals surface area contributed by atoms with Crippen LogP contribution in [0.1, 0.15) is 58.8 Å². The van der Waals surface area contributed by atoms with Gasteiger partial charge in [-0.15, -0.1) is 5.10 Å². The van der Waals surface area contributed by atoms with E-state index in [1.165, 1.54) is 0 Å². The monoisotopic (exact) mass is 438 g/mol. The molecule has 1 atom stereocenters. The topological polar surface area (TPSA) is 100 Å². The molecule has 2 heterocycles. The smallest absolute Gasteiger partial charge is 0.309 e. The molecule has 0 aromatic heterocycles. The molecule has 2 N–H and O–H groups in total. The first kappa shape index (κ1) is 23.1. The molecule has 2 aliphatic heterocycles. The van der Waals surface area contributed by atoms with E-state index in [0.29, 0.717) is 31.2 Å². The summed E-state index contributed by atoms with van der Waals surface area (Å²) in [5, 5.41) is 7.76. The zero-order valence-corrected chi connectivity index (χ0v) is 19.1. The third kappa shape index (κ3) is 5.55. The number of ketones is 1. The van der Waals surface area contributed by atoms with Crippen molar-refractivity contribution in [2.45, 2.75) is 70.4 Å². The molecule has 1 unspecified atom stereocenters. The Labute approximate surface area is 182 Å². The van der Waals surface area contributed by atoms with Crippen molar-refractivity contribution in [2.24, 2.45) is 16.9 Å². The lowest BCUT2D eigenvalue weighted by Gasteiger charge is -2.31. The average molecular weight is 439 g/mol. The second kappa shape index (κ2) is 10.1. The molecule has 30 heavy (non-hydrogen) atoms. The number of carbonyl (C=O) groups is 3. The lowest BCUT2D eigenvalue weighted by atomic mass is 9.85. The SMILES string of the molecule is CN1C(=NNC(=O)C(=O)C(NC(=O)C2CCCCC2)C2CCOCC2)SCC1(C)C. The van der Waals surface area contributed by atoms with Gasteiger partial charge in [0.15, 0.2) is 5.17 Å². The maximum atomic E-state index is 13.0. The summed E-state index contributed by atoms with van der Waals surface area (Å²) in [6, 6.07) is -0.825. The van der Waals surface area contributed by atoms with Crippen molar-refractivity contribution < 1.29 is 19.1 Å². The van der Waals surface area contributed by atoms with Gasteiger partial charge in [-0.3, -0.25) is 14.4 Å². The van der Waals surface area contributed by atoms with Gasteiger partial charge < -0.3 is 15.0 Å². The zero-order chi connectivity index (χ0) is 21.7. The second-order valence-corrected chi connectivity index (χ2v) is 10.1. The molecule has 3 aliphatic rings. The van der Waals surface area contributed by atoms with Crippen molar-refractivity contribution in [2.75, 3.05) is 26.0 Å². The number of amides is 2. The summed E-state index contributed by atoms with van der Waals surface area (Å²) in [7, 11) is 1.92. The Bertz CT molecular complexity index is 684. The Morgan fingerprint density at radius 3 is 2.40 bits per heavy atom. The van der Waals surface area contributed by atoms with Gasteiger partial charge in [0.05, 0.1) is 0 Å². The summed E-state index contributed by atoms with van der Waals surface area (Å²) in [6.07, 6.45) is 6.21. The number of hydrogen-bond donors (Lipinski definition) is 2. The number of thioether (sulfide) groups is 1. The van der Waals surface area contributed by atoms with Crippen molar-refractivity contribution in [3.05, 3.63) is 0 Å². The van der Waals surface area contributed by atoms with Crippen LogP contribution >= 0.6 is 11.8 Å². The molecule has 1 aliphatic carbocycles. The van der Waals surface area contributed by atoms with E-state index >= 15 is 0 Å². The summed E-state index contributed by atoms with van der Waals surface area (Å²) in [4.78, 5) is 40.4. The summed E-state index contributed by atoms with van der Waals surface area (Å²) in [5.74, 6) is -0.815. The maximum Gasteiger partial charge on any atom is 0.309 e. The van der Waals surface area contributed by atoms with Crippen LogP contribution in [-0.4, -0.2) is 65.3 Å². The molecule has 168 valence electrons. The predicted molar refractivity (Wildman–Crippen MR) is 117 cm³/mol. The fraction of sp³-hybridized carbons (Fsp3) is 0.810. The molecule has 3 rings (SSSR count). The van der Waals surface area contributed by atoms with Gasteiger partial charge in [0, 0.05) is 37.5 Å². The van der Waals surface area contributed by atoms with E-state index in [4.69, 9.17) is 4.74 Å². The van der Waals surface area contributed by atoms with Gasteiger partial charge in [-0.1, -0.05) is 31.0 Å². The van der Waals surface area contributed by atoms with Crippen LogP contribution in [0.5, 0.6) is 0 Å². The molecule has 3 fully saturated rings. The number of hydrogen-bond acceptors (Lipinski definition) is 6. The van der Waals surface area contributed by atoms with Crippen molar-refractivity contribution >= 4 is 34.5 Å². The largest absolute Gasteiger partial charge is 0.381 e. The summed E-state index contributed by atoms with van der Waals surface area (Å²) in [5.41, 5.74) is 2.36. The Morgan fingerprint density at radius 2 is 1.80 bits per heavy atom. The lowest BCUT2D eigenvalue weighted by molar-refractivity contribution is -0.142. The number of ether oxygens (including phenoxy) is 1. The van der Waals surface area contributed by atoms with Crippen LogP contribution in [-0.2, 0) is 19.1 Å². The van der Waals surface area contributed by atoms with Crippen LogP contribution in [0, 0.1) is 11.8 Å². The van der Waals surface area contributed by atoms with E-state index in [9.17, 15) is 14.4 Å². The number of amidine groups is 1. The molecular formula is C21H34N4O4S. The zero-order valence-electron chi connectivity index (χ0n) is 18.2. The number of Topliss-reactive ketones (excluding diaryl/α,β-unsaturated/α-hetero) is 1. The van der Waals surface area contributed by atoms with E-state index in [0.717, 1.165) is 37.9 Å². The third-order valence-corrected chi connectivity index (χ3v) is 7.99. The highest BCUT2D eigenvalue weighted by molar-refractivity contribution is 8.14. The summed E-state index contributed by atoms with van der Waals surface area (Å²) in [6.45, 7) is 5.26. The molecule has 0 radical (unpaired) electrons. The van der Waals surface area contributed by atoms with E-state index in [2.05, 4.69) is 29.7 Å². The van der Waals surface area contributed by atoms with Crippen molar-refractivity contribution in [1.29, 1.82) is 0 Å². The van der Waals surface area contributed by atoms with Crippen LogP contribution in [0.15, 0.2) is 5.10 Å². The number of carbonyl (C=O) groups excluding carboxylic acids is 3. The second-order valence-electron chi connectivity index (χ2n) is 9.13. The molecular weight excluding hydrogens is 404 g/mol. The van der Waals surface area contributed by atoms with Crippen molar-refractivity contribution in [1.82, 2.24) is 15.6 Å². The van der Waals surface area contributed by atoms with Crippen molar-refractivity contribution in [3.63, 3.8) is 0 Å². The fourth-order valence-corrected chi connectivity index (χ4v) is 5.41. The molecule has 1 saturated carbocycles. The first-order valence-corrected chi connectivity index (χ1v) is 11.9. The highest BCUT2D eigenvalue weighted by atomic mass is 32.2. The van der Waals surface area contributed by atoms with Gasteiger partial charge in [0.1, 0.15) is 6.04 Å². The minimum absolute atomic E-state index is 0.0587. The van der Waals surface area contributed by atoms with E-state index in [1.54, 1.807) is 11.8 Å².